The van der Waals surface area contributed by atoms with Crippen LogP contribution in [0.15, 0.2) is 36.7 Å². The van der Waals surface area contributed by atoms with Gasteiger partial charge in [-0.3, -0.25) is 14.3 Å². The molecule has 0 atom stereocenters. The van der Waals surface area contributed by atoms with Crippen LogP contribution in [0.3, 0.4) is 0 Å². The molecule has 2 aromatic heterocycles. The highest BCUT2D eigenvalue weighted by molar-refractivity contribution is 6.07. The van der Waals surface area contributed by atoms with Crippen molar-refractivity contribution < 1.29 is 27.2 Å². The van der Waals surface area contributed by atoms with Crippen LogP contribution in [0.5, 0.6) is 0 Å². The Morgan fingerprint density at radius 3 is 2.34 bits per heavy atom. The van der Waals surface area contributed by atoms with Gasteiger partial charge < -0.3 is 16.0 Å². The van der Waals surface area contributed by atoms with Gasteiger partial charge in [-0.2, -0.15) is 18.3 Å². The molecule has 0 fully saturated rings. The molecule has 2 heterocycles. The van der Waals surface area contributed by atoms with Crippen molar-refractivity contribution in [2.45, 2.75) is 13.1 Å². The summed E-state index contributed by atoms with van der Waals surface area (Å²) in [5, 5.41) is 11.9. The molecule has 12 heteroatoms. The summed E-state index contributed by atoms with van der Waals surface area (Å²) >= 11 is 0. The van der Waals surface area contributed by atoms with Crippen LogP contribution in [0, 0.1) is 12.7 Å². The zero-order valence-corrected chi connectivity index (χ0v) is 17.1. The van der Waals surface area contributed by atoms with E-state index in [-0.39, 0.29) is 17.1 Å². The second-order valence-corrected chi connectivity index (χ2v) is 6.81. The van der Waals surface area contributed by atoms with E-state index in [1.165, 1.54) is 19.3 Å². The van der Waals surface area contributed by atoms with Gasteiger partial charge in [-0.25, -0.2) is 9.37 Å². The summed E-state index contributed by atoms with van der Waals surface area (Å²) in [5.41, 5.74) is -0.603. The van der Waals surface area contributed by atoms with Gasteiger partial charge in [0, 0.05) is 32.1 Å². The van der Waals surface area contributed by atoms with E-state index in [2.05, 4.69) is 26.0 Å². The Bertz CT molecular complexity index is 1190. The lowest BCUT2D eigenvalue weighted by molar-refractivity contribution is -0.137. The van der Waals surface area contributed by atoms with E-state index in [1.54, 1.807) is 24.9 Å². The van der Waals surface area contributed by atoms with E-state index < -0.39 is 34.9 Å². The van der Waals surface area contributed by atoms with E-state index in [1.807, 2.05) is 0 Å². The summed E-state index contributed by atoms with van der Waals surface area (Å²) in [5.74, 6) is -2.62. The van der Waals surface area contributed by atoms with Gasteiger partial charge in [0.05, 0.1) is 28.2 Å². The fraction of sp³-hybridized carbons (Fsp3) is 0.200. The highest BCUT2D eigenvalue weighted by atomic mass is 19.4. The molecule has 3 N–H and O–H groups in total. The first-order valence-corrected chi connectivity index (χ1v) is 9.16. The molecule has 0 aliphatic carbocycles. The topological polar surface area (TPSA) is 101 Å². The second kappa shape index (κ2) is 8.65. The van der Waals surface area contributed by atoms with Crippen molar-refractivity contribution in [2.75, 3.05) is 17.7 Å². The average Bonchev–Trinajstić information content (AvgIpc) is 3.04. The van der Waals surface area contributed by atoms with Crippen LogP contribution in [0.2, 0.25) is 0 Å². The smallest absolute Gasteiger partial charge is 0.355 e. The molecule has 168 valence electrons. The summed E-state index contributed by atoms with van der Waals surface area (Å²) in [4.78, 5) is 28.8. The highest BCUT2D eigenvalue weighted by Gasteiger charge is 2.32. The first kappa shape index (κ1) is 22.7. The number of hydrogen-bond acceptors (Lipinski definition) is 5. The monoisotopic (exact) mass is 450 g/mol. The molecule has 0 aliphatic heterocycles. The highest BCUT2D eigenvalue weighted by Crippen LogP contribution is 2.31. The van der Waals surface area contributed by atoms with Gasteiger partial charge in [0.1, 0.15) is 5.82 Å². The number of anilines is 3. The molecule has 0 radical (unpaired) electrons. The maximum Gasteiger partial charge on any atom is 0.416 e. The third-order valence-corrected chi connectivity index (χ3v) is 4.38. The largest absolute Gasteiger partial charge is 0.416 e. The van der Waals surface area contributed by atoms with Crippen LogP contribution in [0.25, 0.3) is 0 Å². The van der Waals surface area contributed by atoms with Gasteiger partial charge in [-0.15, -0.1) is 0 Å². The first-order valence-electron chi connectivity index (χ1n) is 9.16. The summed E-state index contributed by atoms with van der Waals surface area (Å²) in [6.07, 6.45) is -1.92. The molecular formula is C20H18F4N6O2. The number of rotatable bonds is 5. The van der Waals surface area contributed by atoms with E-state index in [0.29, 0.717) is 29.6 Å². The predicted molar refractivity (Wildman–Crippen MR) is 108 cm³/mol. The van der Waals surface area contributed by atoms with Crippen LogP contribution < -0.4 is 16.0 Å². The van der Waals surface area contributed by atoms with E-state index >= 15 is 0 Å². The number of carbonyl (C=O) groups is 2. The van der Waals surface area contributed by atoms with Gasteiger partial charge in [0.2, 0.25) is 0 Å². The lowest BCUT2D eigenvalue weighted by Crippen LogP contribution is -2.20. The number of carbonyl (C=O) groups excluding carboxylic acids is 2. The summed E-state index contributed by atoms with van der Waals surface area (Å²) in [6, 6.07) is 2.80. The number of hydrogen-bond donors (Lipinski definition) is 3. The Labute approximate surface area is 179 Å². The van der Waals surface area contributed by atoms with Crippen molar-refractivity contribution in [2.24, 2.45) is 7.05 Å². The molecule has 0 saturated carbocycles. The lowest BCUT2D eigenvalue weighted by Gasteiger charge is -2.14. The third kappa shape index (κ3) is 5.02. The molecule has 3 aromatic rings. The molecule has 0 spiro atoms. The van der Waals surface area contributed by atoms with Crippen LogP contribution in [-0.4, -0.2) is 33.6 Å². The Morgan fingerprint density at radius 1 is 1.03 bits per heavy atom. The Morgan fingerprint density at radius 2 is 1.75 bits per heavy atom. The van der Waals surface area contributed by atoms with Gasteiger partial charge in [0.25, 0.3) is 11.8 Å². The summed E-state index contributed by atoms with van der Waals surface area (Å²) in [7, 11) is 3.10. The molecule has 0 saturated heterocycles. The Kier molecular flexibility index (Phi) is 6.14. The fourth-order valence-electron chi connectivity index (χ4n) is 2.86. The molecule has 1 aromatic carbocycles. The number of aryl methyl sites for hydroxylation is 2. The molecule has 2 amide bonds. The van der Waals surface area contributed by atoms with Crippen LogP contribution >= 0.6 is 0 Å². The van der Waals surface area contributed by atoms with Crippen LogP contribution in [0.4, 0.5) is 34.8 Å². The normalized spacial score (nSPS) is 11.2. The number of alkyl halides is 3. The Hall–Kier alpha value is -3.96. The minimum absolute atomic E-state index is 0.00262. The molecule has 0 unspecified atom stereocenters. The number of benzene rings is 1. The van der Waals surface area contributed by atoms with Gasteiger partial charge in [-0.05, 0) is 31.2 Å². The molecule has 8 nitrogen and oxygen atoms in total. The SMILES string of the molecule is CNC(=O)c1cnc(Nc2cn(C)nc2C)c(NC(=O)c2cc(F)cc(C(F)(F)F)c2)c1. The minimum Gasteiger partial charge on any atom is -0.355 e. The molecule has 0 aliphatic rings. The number of aromatic nitrogens is 3. The predicted octanol–water partition coefficient (Wildman–Crippen LogP) is 3.64. The van der Waals surface area contributed by atoms with Gasteiger partial charge in [-0.1, -0.05) is 0 Å². The van der Waals surface area contributed by atoms with E-state index in [4.69, 9.17) is 0 Å². The van der Waals surface area contributed by atoms with Crippen molar-refractivity contribution in [3.8, 4) is 0 Å². The van der Waals surface area contributed by atoms with Crippen LogP contribution in [0.1, 0.15) is 32.0 Å². The van der Waals surface area contributed by atoms with Crippen molar-refractivity contribution in [3.05, 3.63) is 64.9 Å². The molecule has 0 bridgehead atoms. The van der Waals surface area contributed by atoms with E-state index in [9.17, 15) is 27.2 Å². The molecule has 32 heavy (non-hydrogen) atoms. The summed E-state index contributed by atoms with van der Waals surface area (Å²) < 4.78 is 54.2. The molecule has 3 rings (SSSR count). The van der Waals surface area contributed by atoms with Crippen molar-refractivity contribution in [3.63, 3.8) is 0 Å². The quantitative estimate of drug-likeness (QED) is 0.516. The number of pyridine rings is 1. The minimum atomic E-state index is -4.83. The fourth-order valence-corrected chi connectivity index (χ4v) is 2.86. The van der Waals surface area contributed by atoms with Crippen molar-refractivity contribution >= 4 is 29.0 Å². The third-order valence-electron chi connectivity index (χ3n) is 4.38. The number of nitrogens with one attached hydrogen (secondary N) is 3. The van der Waals surface area contributed by atoms with Gasteiger partial charge in [0.15, 0.2) is 5.82 Å². The Balaban J connectivity index is 1.99. The lowest BCUT2D eigenvalue weighted by atomic mass is 10.1. The zero-order valence-electron chi connectivity index (χ0n) is 17.1. The van der Waals surface area contributed by atoms with Crippen molar-refractivity contribution in [1.29, 1.82) is 0 Å². The second-order valence-electron chi connectivity index (χ2n) is 6.81. The van der Waals surface area contributed by atoms with E-state index in [0.717, 1.165) is 0 Å². The maximum atomic E-state index is 13.7. The number of halogens is 4. The number of nitrogens with zero attached hydrogens (tertiary/aromatic N) is 3. The maximum absolute atomic E-state index is 13.7. The van der Waals surface area contributed by atoms with Crippen LogP contribution in [-0.2, 0) is 13.2 Å². The summed E-state index contributed by atoms with van der Waals surface area (Å²) in [6.45, 7) is 1.73. The first-order chi connectivity index (χ1) is 15.0. The number of amides is 2. The van der Waals surface area contributed by atoms with Crippen molar-refractivity contribution in [1.82, 2.24) is 20.1 Å². The van der Waals surface area contributed by atoms with Gasteiger partial charge >= 0.3 is 6.18 Å². The molecular weight excluding hydrogens is 432 g/mol. The zero-order chi connectivity index (χ0) is 23.6. The standard InChI is InChI=1S/C20H18F4N6O2/c1-10-16(9-30(3)29-10)27-17-15(6-12(8-26-17)18(31)25-2)28-19(32)11-4-13(20(22,23)24)7-14(21)5-11/h4-9H,1-3H3,(H,25,31)(H,26,27)(H,28,32). The average molecular weight is 450 g/mol.